The quantitative estimate of drug-likeness (QED) is 0.696. The number of hydrogen-bond donors (Lipinski definition) is 3. The van der Waals surface area contributed by atoms with Crippen molar-refractivity contribution in [2.45, 2.75) is 0 Å². The summed E-state index contributed by atoms with van der Waals surface area (Å²) in [4.78, 5) is 43.7. The number of carbonyl (C=O) groups excluding carboxylic acids is 3. The molecule has 1 aliphatic heterocycles. The summed E-state index contributed by atoms with van der Waals surface area (Å²) >= 11 is 1.23. The van der Waals surface area contributed by atoms with E-state index in [9.17, 15) is 14.4 Å². The summed E-state index contributed by atoms with van der Waals surface area (Å²) in [7, 11) is 2.90. The lowest BCUT2D eigenvalue weighted by atomic mass is 10.2. The molecule has 2 heterocycles. The minimum atomic E-state index is -0.567. The van der Waals surface area contributed by atoms with Crippen LogP contribution < -0.4 is 36.1 Å². The number of para-hydroxylation sites is 2. The number of nitrogens with one attached hydrogen (secondary N) is 2. The van der Waals surface area contributed by atoms with Crippen molar-refractivity contribution in [2.24, 2.45) is 10.7 Å². The van der Waals surface area contributed by atoms with Crippen LogP contribution in [0.2, 0.25) is 0 Å². The van der Waals surface area contributed by atoms with Gasteiger partial charge < -0.3 is 21.3 Å². The van der Waals surface area contributed by atoms with E-state index in [0.717, 1.165) is 10.1 Å². The average molecular weight is 386 g/mol. The number of primary amides is 1. The third-order valence-electron chi connectivity index (χ3n) is 3.91. The van der Waals surface area contributed by atoms with Gasteiger partial charge in [0.1, 0.15) is 11.3 Å². The fourth-order valence-corrected chi connectivity index (χ4v) is 3.51. The summed E-state index contributed by atoms with van der Waals surface area (Å²) in [6.45, 7) is 0.276. The Morgan fingerprint density at radius 2 is 1.85 bits per heavy atom. The normalized spacial score (nSPS) is 12.3. The molecule has 0 atom stereocenters. The number of fused-ring (bicyclic) bond motifs is 1. The highest BCUT2D eigenvalue weighted by Gasteiger charge is 2.26. The predicted molar refractivity (Wildman–Crippen MR) is 103 cm³/mol. The van der Waals surface area contributed by atoms with Gasteiger partial charge in [0, 0.05) is 25.5 Å². The number of nitrogens with two attached hydrogens (primary N) is 1. The van der Waals surface area contributed by atoms with Gasteiger partial charge in [-0.25, -0.2) is 14.5 Å². The van der Waals surface area contributed by atoms with Crippen LogP contribution in [0.3, 0.4) is 0 Å². The van der Waals surface area contributed by atoms with Crippen LogP contribution >= 0.6 is 11.3 Å². The maximum absolute atomic E-state index is 12.3. The number of imide groups is 1. The van der Waals surface area contributed by atoms with E-state index in [-0.39, 0.29) is 6.67 Å². The van der Waals surface area contributed by atoms with E-state index in [4.69, 9.17) is 5.73 Å². The number of carbonyl (C=O) groups is 3. The zero-order valence-corrected chi connectivity index (χ0v) is 15.5. The minimum absolute atomic E-state index is 0.276. The number of benzene rings is 1. The zero-order valence-electron chi connectivity index (χ0n) is 14.7. The molecule has 0 saturated carbocycles. The predicted octanol–water partition coefficient (Wildman–Crippen LogP) is 0.167. The lowest BCUT2D eigenvalue weighted by Crippen LogP contribution is -2.47. The van der Waals surface area contributed by atoms with E-state index < -0.39 is 18.0 Å². The Hall–Kier alpha value is -3.40. The molecule has 1 aromatic carbocycles. The Morgan fingerprint density at radius 3 is 2.48 bits per heavy atom. The molecule has 0 unspecified atom stereocenters. The summed E-state index contributed by atoms with van der Waals surface area (Å²) in [5.74, 6) is -0.504. The topological polar surface area (TPSA) is 120 Å². The van der Waals surface area contributed by atoms with Crippen molar-refractivity contribution in [2.75, 3.05) is 30.6 Å². The molecule has 3 rings (SSSR count). The van der Waals surface area contributed by atoms with E-state index in [1.54, 1.807) is 35.2 Å². The van der Waals surface area contributed by atoms with Gasteiger partial charge in [-0.1, -0.05) is 12.1 Å². The number of urea groups is 2. The van der Waals surface area contributed by atoms with E-state index in [1.807, 2.05) is 6.20 Å². The van der Waals surface area contributed by atoms with Gasteiger partial charge in [0.05, 0.1) is 16.3 Å². The molecule has 1 aromatic heterocycles. The lowest BCUT2D eigenvalue weighted by Gasteiger charge is -2.27. The van der Waals surface area contributed by atoms with Crippen LogP contribution in [0.25, 0.3) is 6.20 Å². The van der Waals surface area contributed by atoms with Crippen molar-refractivity contribution in [3.8, 4) is 0 Å². The number of amides is 5. The minimum Gasteiger partial charge on any atom is -0.365 e. The number of rotatable bonds is 3. The summed E-state index contributed by atoms with van der Waals surface area (Å²) in [5, 5.41) is 5.68. The van der Waals surface area contributed by atoms with Gasteiger partial charge in [-0.2, -0.15) is 0 Å². The largest absolute Gasteiger partial charge is 0.365 e. The van der Waals surface area contributed by atoms with Crippen LogP contribution in [0.5, 0.6) is 0 Å². The third kappa shape index (κ3) is 3.47. The molecule has 0 radical (unpaired) electrons. The molecule has 9 nitrogen and oxygen atoms in total. The van der Waals surface area contributed by atoms with E-state index in [1.165, 1.54) is 25.4 Å². The molecular formula is C17H18N6O3S. The maximum atomic E-state index is 12.3. The molecule has 1 aliphatic rings. The van der Waals surface area contributed by atoms with Crippen LogP contribution in [0.1, 0.15) is 9.67 Å². The second kappa shape index (κ2) is 7.46. The van der Waals surface area contributed by atoms with Crippen LogP contribution in [0.15, 0.2) is 35.3 Å². The highest BCUT2D eigenvalue weighted by atomic mass is 32.1. The van der Waals surface area contributed by atoms with Gasteiger partial charge >= 0.3 is 12.1 Å². The smallest absolute Gasteiger partial charge is 0.330 e. The van der Waals surface area contributed by atoms with Crippen molar-refractivity contribution in [1.29, 1.82) is 0 Å². The summed E-state index contributed by atoms with van der Waals surface area (Å²) in [5.41, 5.74) is 6.36. The molecule has 27 heavy (non-hydrogen) atoms. The Labute approximate surface area is 158 Å². The Kier molecular flexibility index (Phi) is 5.08. The first-order valence-corrected chi connectivity index (χ1v) is 8.83. The first-order valence-electron chi connectivity index (χ1n) is 8.01. The van der Waals surface area contributed by atoms with Crippen molar-refractivity contribution < 1.29 is 14.4 Å². The Balaban J connectivity index is 2.08. The highest BCUT2D eigenvalue weighted by molar-refractivity contribution is 7.11. The lowest BCUT2D eigenvalue weighted by molar-refractivity contribution is 0.100. The monoisotopic (exact) mass is 386 g/mol. The second-order valence-corrected chi connectivity index (χ2v) is 6.60. The molecule has 0 bridgehead atoms. The van der Waals surface area contributed by atoms with E-state index >= 15 is 0 Å². The fourth-order valence-electron chi connectivity index (χ4n) is 2.66. The first kappa shape index (κ1) is 18.4. The van der Waals surface area contributed by atoms with Gasteiger partial charge in [0.2, 0.25) is 0 Å². The average Bonchev–Trinajstić information content (AvgIpc) is 3.12. The molecular weight excluding hydrogens is 368 g/mol. The van der Waals surface area contributed by atoms with E-state index in [0.29, 0.717) is 20.9 Å². The molecule has 10 heteroatoms. The first-order chi connectivity index (χ1) is 13.0. The molecule has 0 saturated heterocycles. The summed E-state index contributed by atoms with van der Waals surface area (Å²) in [6, 6.07) is 7.54. The Morgan fingerprint density at radius 1 is 1.19 bits per heavy atom. The van der Waals surface area contributed by atoms with Crippen LogP contribution in [0.4, 0.5) is 21.0 Å². The van der Waals surface area contributed by atoms with Crippen molar-refractivity contribution in [1.82, 2.24) is 10.6 Å². The molecule has 4 N–H and O–H groups in total. The molecule has 140 valence electrons. The number of nitrogens with zero attached hydrogens (tertiary/aromatic N) is 3. The van der Waals surface area contributed by atoms with Gasteiger partial charge in [0.15, 0.2) is 0 Å². The van der Waals surface area contributed by atoms with Crippen molar-refractivity contribution >= 4 is 46.9 Å². The standard InChI is InChI=1S/C17H18N6O3S/c1-19-16(25)23(17(26)20-2)12-6-4-3-5-11(12)22-8-10-7-13(14(18)24)27-15(10)21-9-22/h3-8H,9H2,1-2H3,(H2,18,24)(H,19,25)(H,20,26). The van der Waals surface area contributed by atoms with Crippen LogP contribution in [-0.4, -0.2) is 38.7 Å². The molecule has 5 amide bonds. The van der Waals surface area contributed by atoms with Gasteiger partial charge in [-0.3, -0.25) is 9.79 Å². The molecule has 0 spiro atoms. The van der Waals surface area contributed by atoms with Crippen LogP contribution in [-0.2, 0) is 0 Å². The number of anilines is 2. The SMILES string of the molecule is CNC(=O)N(C(=O)NC)c1ccccc1N1C=c2cc(C(N)=O)sc2=NC1. The summed E-state index contributed by atoms with van der Waals surface area (Å²) < 4.78 is 0.715. The Bertz CT molecular complexity index is 1020. The molecule has 0 fully saturated rings. The van der Waals surface area contributed by atoms with Crippen molar-refractivity contribution in [3.05, 3.63) is 45.1 Å². The van der Waals surface area contributed by atoms with Crippen LogP contribution in [0, 0.1) is 0 Å². The number of thiophene rings is 1. The zero-order chi connectivity index (χ0) is 19.6. The van der Waals surface area contributed by atoms with Gasteiger partial charge in [0.25, 0.3) is 5.91 Å². The fraction of sp³-hybridized carbons (Fsp3) is 0.176. The van der Waals surface area contributed by atoms with Crippen molar-refractivity contribution in [3.63, 3.8) is 0 Å². The van der Waals surface area contributed by atoms with Gasteiger partial charge in [-0.15, -0.1) is 11.3 Å². The third-order valence-corrected chi connectivity index (χ3v) is 5.01. The second-order valence-electron chi connectivity index (χ2n) is 5.57. The molecule has 2 aromatic rings. The van der Waals surface area contributed by atoms with Gasteiger partial charge in [-0.05, 0) is 18.2 Å². The number of hydrogen-bond acceptors (Lipinski definition) is 6. The van der Waals surface area contributed by atoms with E-state index in [2.05, 4.69) is 15.6 Å². The summed E-state index contributed by atoms with van der Waals surface area (Å²) in [6.07, 6.45) is 1.82. The maximum Gasteiger partial charge on any atom is 0.330 e. The highest BCUT2D eigenvalue weighted by Crippen LogP contribution is 2.30. The molecule has 0 aliphatic carbocycles.